The molecule has 1 amide bonds. The minimum Gasteiger partial charge on any atom is -0.340 e. The van der Waals surface area contributed by atoms with Gasteiger partial charge in [-0.25, -0.2) is 0 Å². The van der Waals surface area contributed by atoms with Crippen molar-refractivity contribution >= 4 is 18.1 Å². The first-order valence-corrected chi connectivity index (χ1v) is 10.8. The van der Waals surface area contributed by atoms with Gasteiger partial charge in [0.05, 0.1) is 0 Å². The quantitative estimate of drug-likeness (QED) is 0.639. The molecule has 0 saturated carbocycles. The molecule has 0 aliphatic carbocycles. The molecule has 156 valence electrons. The number of benzene rings is 2. The van der Waals surface area contributed by atoms with Crippen LogP contribution in [0.1, 0.15) is 17.5 Å². The number of carbonyl (C=O) groups excluding carboxylic acids is 1. The van der Waals surface area contributed by atoms with Crippen LogP contribution < -0.4 is 0 Å². The molecule has 2 aromatic carbocycles. The number of aromatic nitrogens is 3. The van der Waals surface area contributed by atoms with Gasteiger partial charge in [-0.1, -0.05) is 54.1 Å². The van der Waals surface area contributed by atoms with Gasteiger partial charge in [0.2, 0.25) is 5.91 Å². The molecule has 30 heavy (non-hydrogen) atoms. The van der Waals surface area contributed by atoms with Crippen molar-refractivity contribution in [2.24, 2.45) is 0 Å². The van der Waals surface area contributed by atoms with Gasteiger partial charge in [0.25, 0.3) is 0 Å². The Morgan fingerprint density at radius 1 is 1.07 bits per heavy atom. The van der Waals surface area contributed by atoms with Crippen molar-refractivity contribution in [3.63, 3.8) is 0 Å². The van der Waals surface area contributed by atoms with Crippen LogP contribution in [-0.2, 0) is 17.9 Å². The van der Waals surface area contributed by atoms with E-state index in [1.165, 1.54) is 5.56 Å². The Kier molecular flexibility index (Phi) is 6.40. The molecule has 0 spiro atoms. The Bertz CT molecular complexity index is 1060. The standard InChI is InChI=1S/C23H27N5OS/c1-18-7-5-10-20(15-18)22-24-25-23(30)28(22)17-21(29)27-12-6-11-26(13-14-27)16-19-8-3-2-4-9-19/h2-5,7-10,15H,6,11-14,16-17H2,1H3,(H,25,30). The van der Waals surface area contributed by atoms with Crippen molar-refractivity contribution in [1.82, 2.24) is 24.6 Å². The number of nitrogens with one attached hydrogen (secondary N) is 1. The Labute approximate surface area is 182 Å². The van der Waals surface area contributed by atoms with E-state index in [1.807, 2.05) is 36.1 Å². The molecule has 0 bridgehead atoms. The summed E-state index contributed by atoms with van der Waals surface area (Å²) in [6, 6.07) is 18.6. The average molecular weight is 422 g/mol. The molecular formula is C23H27N5OS. The van der Waals surface area contributed by atoms with Gasteiger partial charge >= 0.3 is 0 Å². The summed E-state index contributed by atoms with van der Waals surface area (Å²) in [5.41, 5.74) is 3.41. The third-order valence-corrected chi connectivity index (χ3v) is 5.83. The van der Waals surface area contributed by atoms with Gasteiger partial charge in [-0.05, 0) is 37.2 Å². The first kappa shape index (κ1) is 20.5. The highest BCUT2D eigenvalue weighted by molar-refractivity contribution is 7.71. The van der Waals surface area contributed by atoms with Crippen LogP contribution >= 0.6 is 12.2 Å². The van der Waals surface area contributed by atoms with E-state index in [9.17, 15) is 4.79 Å². The molecular weight excluding hydrogens is 394 g/mol. The van der Waals surface area contributed by atoms with E-state index in [0.29, 0.717) is 10.6 Å². The summed E-state index contributed by atoms with van der Waals surface area (Å²) in [4.78, 5) is 17.5. The van der Waals surface area contributed by atoms with Crippen LogP contribution in [0.4, 0.5) is 0 Å². The molecule has 0 unspecified atom stereocenters. The van der Waals surface area contributed by atoms with Gasteiger partial charge in [0.15, 0.2) is 10.6 Å². The summed E-state index contributed by atoms with van der Waals surface area (Å²) in [6.07, 6.45) is 0.972. The minimum absolute atomic E-state index is 0.0861. The molecule has 1 aliphatic heterocycles. The van der Waals surface area contributed by atoms with E-state index in [2.05, 4.69) is 45.4 Å². The van der Waals surface area contributed by atoms with Crippen LogP contribution in [-0.4, -0.2) is 56.7 Å². The van der Waals surface area contributed by atoms with Crippen LogP contribution in [0.3, 0.4) is 0 Å². The molecule has 0 atom stereocenters. The van der Waals surface area contributed by atoms with E-state index >= 15 is 0 Å². The van der Waals surface area contributed by atoms with Crippen LogP contribution in [0, 0.1) is 11.7 Å². The smallest absolute Gasteiger partial charge is 0.242 e. The van der Waals surface area contributed by atoms with Crippen LogP contribution in [0.25, 0.3) is 11.4 Å². The van der Waals surface area contributed by atoms with Crippen LogP contribution in [0.5, 0.6) is 0 Å². The second kappa shape index (κ2) is 9.36. The zero-order valence-corrected chi connectivity index (χ0v) is 18.1. The zero-order valence-electron chi connectivity index (χ0n) is 17.3. The Balaban J connectivity index is 1.42. The molecule has 1 N–H and O–H groups in total. The number of hydrogen-bond acceptors (Lipinski definition) is 4. The molecule has 4 rings (SSSR count). The number of H-pyrrole nitrogens is 1. The summed E-state index contributed by atoms with van der Waals surface area (Å²) in [6.45, 7) is 6.55. The topological polar surface area (TPSA) is 57.2 Å². The number of aromatic amines is 1. The highest BCUT2D eigenvalue weighted by Crippen LogP contribution is 2.19. The summed E-state index contributed by atoms with van der Waals surface area (Å²) in [5, 5.41) is 7.22. The summed E-state index contributed by atoms with van der Waals surface area (Å²) < 4.78 is 2.28. The maximum absolute atomic E-state index is 13.1. The van der Waals surface area contributed by atoms with Gasteiger partial charge in [0, 0.05) is 38.3 Å². The Hall–Kier alpha value is -2.77. The van der Waals surface area contributed by atoms with Crippen molar-refractivity contribution < 1.29 is 4.79 Å². The molecule has 0 radical (unpaired) electrons. The fourth-order valence-electron chi connectivity index (χ4n) is 3.92. The highest BCUT2D eigenvalue weighted by atomic mass is 32.1. The third kappa shape index (κ3) is 4.86. The summed E-state index contributed by atoms with van der Waals surface area (Å²) in [5.74, 6) is 0.792. The lowest BCUT2D eigenvalue weighted by molar-refractivity contribution is -0.131. The average Bonchev–Trinajstić information content (AvgIpc) is 2.95. The van der Waals surface area contributed by atoms with Crippen LogP contribution in [0.2, 0.25) is 0 Å². The second-order valence-electron chi connectivity index (χ2n) is 7.80. The molecule has 3 aromatic rings. The lowest BCUT2D eigenvalue weighted by atomic mass is 10.1. The van der Waals surface area contributed by atoms with Gasteiger partial charge in [-0.3, -0.25) is 19.4 Å². The van der Waals surface area contributed by atoms with E-state index < -0.39 is 0 Å². The van der Waals surface area contributed by atoms with E-state index in [-0.39, 0.29) is 12.5 Å². The predicted molar refractivity (Wildman–Crippen MR) is 121 cm³/mol. The van der Waals surface area contributed by atoms with Crippen molar-refractivity contribution in [2.45, 2.75) is 26.4 Å². The van der Waals surface area contributed by atoms with E-state index in [1.54, 1.807) is 4.57 Å². The number of carbonyl (C=O) groups is 1. The van der Waals surface area contributed by atoms with Gasteiger partial charge in [-0.15, -0.1) is 0 Å². The molecule has 6 nitrogen and oxygen atoms in total. The van der Waals surface area contributed by atoms with E-state index in [4.69, 9.17) is 12.2 Å². The lowest BCUT2D eigenvalue weighted by Crippen LogP contribution is -2.37. The SMILES string of the molecule is Cc1cccc(-c2n[nH]c(=S)n2CC(=O)N2CCCN(Cc3ccccc3)CC2)c1. The number of hydrogen-bond donors (Lipinski definition) is 1. The van der Waals surface area contributed by atoms with Crippen molar-refractivity contribution in [3.05, 3.63) is 70.5 Å². The minimum atomic E-state index is 0.0861. The summed E-state index contributed by atoms with van der Waals surface area (Å²) >= 11 is 5.41. The number of aryl methyl sites for hydroxylation is 1. The number of amides is 1. The molecule has 7 heteroatoms. The van der Waals surface area contributed by atoms with Gasteiger partial charge in [-0.2, -0.15) is 5.10 Å². The number of nitrogens with zero attached hydrogens (tertiary/aromatic N) is 4. The largest absolute Gasteiger partial charge is 0.340 e. The van der Waals surface area contributed by atoms with Crippen LogP contribution in [0.15, 0.2) is 54.6 Å². The fourth-order valence-corrected chi connectivity index (χ4v) is 4.12. The Morgan fingerprint density at radius 3 is 2.70 bits per heavy atom. The Morgan fingerprint density at radius 2 is 1.90 bits per heavy atom. The van der Waals surface area contributed by atoms with Gasteiger partial charge < -0.3 is 4.90 Å². The van der Waals surface area contributed by atoms with Crippen molar-refractivity contribution in [2.75, 3.05) is 26.2 Å². The van der Waals surface area contributed by atoms with Gasteiger partial charge in [0.1, 0.15) is 6.54 Å². The highest BCUT2D eigenvalue weighted by Gasteiger charge is 2.21. The number of rotatable bonds is 5. The first-order valence-electron chi connectivity index (χ1n) is 10.4. The third-order valence-electron chi connectivity index (χ3n) is 5.52. The molecule has 1 aromatic heterocycles. The molecule has 2 heterocycles. The maximum atomic E-state index is 13.1. The molecule has 1 aliphatic rings. The fraction of sp³-hybridized carbons (Fsp3) is 0.348. The van der Waals surface area contributed by atoms with Crippen molar-refractivity contribution in [3.8, 4) is 11.4 Å². The molecule has 1 saturated heterocycles. The van der Waals surface area contributed by atoms with Crippen molar-refractivity contribution in [1.29, 1.82) is 0 Å². The zero-order chi connectivity index (χ0) is 20.9. The summed E-state index contributed by atoms with van der Waals surface area (Å²) in [7, 11) is 0. The lowest BCUT2D eigenvalue weighted by Gasteiger charge is -2.22. The second-order valence-corrected chi connectivity index (χ2v) is 8.19. The predicted octanol–water partition coefficient (Wildman–Crippen LogP) is 3.65. The van der Waals surface area contributed by atoms with E-state index in [0.717, 1.165) is 50.3 Å². The monoisotopic (exact) mass is 421 g/mol. The normalized spacial score (nSPS) is 15.2. The molecule has 1 fully saturated rings. The maximum Gasteiger partial charge on any atom is 0.242 e. The first-order chi connectivity index (χ1) is 14.6.